The zero-order chi connectivity index (χ0) is 14.7. The molecule has 1 atom stereocenters. The van der Waals surface area contributed by atoms with Crippen molar-refractivity contribution in [3.05, 3.63) is 5.82 Å². The van der Waals surface area contributed by atoms with Gasteiger partial charge in [-0.05, 0) is 31.6 Å². The first-order chi connectivity index (χ1) is 10.2. The molecular weight excluding hydrogens is 268 g/mol. The van der Waals surface area contributed by atoms with Crippen molar-refractivity contribution in [2.75, 3.05) is 25.4 Å². The predicted octanol–water partition coefficient (Wildman–Crippen LogP) is 0.310. The zero-order valence-electron chi connectivity index (χ0n) is 12.3. The quantitative estimate of drug-likeness (QED) is 0.700. The lowest BCUT2D eigenvalue weighted by Crippen LogP contribution is -2.34. The van der Waals surface area contributed by atoms with Crippen LogP contribution in [0.2, 0.25) is 0 Å². The molecule has 1 aliphatic heterocycles. The summed E-state index contributed by atoms with van der Waals surface area (Å²) < 4.78 is 0. The van der Waals surface area contributed by atoms with Gasteiger partial charge in [0.15, 0.2) is 0 Å². The van der Waals surface area contributed by atoms with Crippen LogP contribution in [-0.2, 0) is 11.2 Å². The summed E-state index contributed by atoms with van der Waals surface area (Å²) in [6.45, 7) is 2.70. The van der Waals surface area contributed by atoms with Gasteiger partial charge in [-0.15, -0.1) is 5.10 Å². The number of carbonyl (C=O) groups is 1. The minimum Gasteiger partial charge on any atom is -0.367 e. The number of hydrogen-bond donors (Lipinski definition) is 3. The number of rotatable bonds is 6. The molecule has 4 N–H and O–H groups in total. The van der Waals surface area contributed by atoms with Gasteiger partial charge >= 0.3 is 0 Å². The van der Waals surface area contributed by atoms with Gasteiger partial charge in [0, 0.05) is 38.5 Å². The molecule has 7 nitrogen and oxygen atoms in total. The Balaban J connectivity index is 1.40. The summed E-state index contributed by atoms with van der Waals surface area (Å²) >= 11 is 0. The van der Waals surface area contributed by atoms with E-state index in [0.29, 0.717) is 24.3 Å². The van der Waals surface area contributed by atoms with Crippen LogP contribution in [0.5, 0.6) is 0 Å². The molecule has 2 fully saturated rings. The topological polar surface area (TPSA) is 99.9 Å². The predicted molar refractivity (Wildman–Crippen MR) is 79.4 cm³/mol. The van der Waals surface area contributed by atoms with Crippen molar-refractivity contribution in [1.82, 2.24) is 25.4 Å². The highest BCUT2D eigenvalue weighted by atomic mass is 16.2. The maximum absolute atomic E-state index is 12.1. The number of amides is 1. The van der Waals surface area contributed by atoms with Gasteiger partial charge in [-0.3, -0.25) is 9.89 Å². The summed E-state index contributed by atoms with van der Waals surface area (Å²) in [6.07, 6.45) is 6.01. The Labute approximate surface area is 124 Å². The number of anilines is 1. The molecule has 1 saturated carbocycles. The SMILES string of the molecule is Nc1n[nH]c(CCNC2CCC(=O)N(CC3CC3)CC2)n1. The van der Waals surface area contributed by atoms with Crippen LogP contribution in [-0.4, -0.2) is 51.7 Å². The van der Waals surface area contributed by atoms with Crippen LogP contribution in [0.25, 0.3) is 0 Å². The lowest BCUT2D eigenvalue weighted by Gasteiger charge is -2.20. The minimum absolute atomic E-state index is 0.292. The lowest BCUT2D eigenvalue weighted by molar-refractivity contribution is -0.130. The van der Waals surface area contributed by atoms with Crippen LogP contribution in [0.1, 0.15) is 37.9 Å². The highest BCUT2D eigenvalue weighted by Crippen LogP contribution is 2.30. The van der Waals surface area contributed by atoms with E-state index in [-0.39, 0.29) is 0 Å². The number of nitrogens with zero attached hydrogens (tertiary/aromatic N) is 3. The Kier molecular flexibility index (Phi) is 4.38. The monoisotopic (exact) mass is 292 g/mol. The van der Waals surface area contributed by atoms with Crippen LogP contribution in [0.15, 0.2) is 0 Å². The maximum atomic E-state index is 12.1. The minimum atomic E-state index is 0.292. The Hall–Kier alpha value is -1.63. The molecule has 0 aromatic carbocycles. The van der Waals surface area contributed by atoms with Gasteiger partial charge in [0.05, 0.1) is 0 Å². The molecule has 3 rings (SSSR count). The molecule has 1 aromatic rings. The molecule has 116 valence electrons. The molecule has 1 saturated heterocycles. The zero-order valence-corrected chi connectivity index (χ0v) is 12.3. The van der Waals surface area contributed by atoms with Crippen LogP contribution < -0.4 is 11.1 Å². The van der Waals surface area contributed by atoms with Gasteiger partial charge in [-0.2, -0.15) is 4.98 Å². The first kappa shape index (κ1) is 14.3. The Morgan fingerprint density at radius 1 is 1.33 bits per heavy atom. The second kappa shape index (κ2) is 6.43. The smallest absolute Gasteiger partial charge is 0.239 e. The van der Waals surface area contributed by atoms with Crippen molar-refractivity contribution in [1.29, 1.82) is 0 Å². The average molecular weight is 292 g/mol. The molecule has 1 aliphatic carbocycles. The Morgan fingerprint density at radius 2 is 2.19 bits per heavy atom. The number of hydrogen-bond acceptors (Lipinski definition) is 5. The number of H-pyrrole nitrogens is 1. The maximum Gasteiger partial charge on any atom is 0.239 e. The van der Waals surface area contributed by atoms with Gasteiger partial charge < -0.3 is 16.0 Å². The highest BCUT2D eigenvalue weighted by molar-refractivity contribution is 5.76. The third-order valence-electron chi connectivity index (χ3n) is 4.33. The van der Waals surface area contributed by atoms with E-state index in [4.69, 9.17) is 5.73 Å². The van der Waals surface area contributed by atoms with Crippen LogP contribution in [0.3, 0.4) is 0 Å². The van der Waals surface area contributed by atoms with Crippen LogP contribution in [0, 0.1) is 5.92 Å². The number of nitrogens with two attached hydrogens (primary N) is 1. The Bertz CT molecular complexity index is 484. The average Bonchev–Trinajstić information content (AvgIpc) is 3.22. The number of aromatic amines is 1. The van der Waals surface area contributed by atoms with E-state index in [0.717, 1.165) is 50.6 Å². The molecule has 21 heavy (non-hydrogen) atoms. The molecule has 0 radical (unpaired) electrons. The molecule has 2 heterocycles. The molecular formula is C14H24N6O. The second-order valence-corrected chi connectivity index (χ2v) is 6.15. The first-order valence-corrected chi connectivity index (χ1v) is 7.88. The van der Waals surface area contributed by atoms with Gasteiger partial charge in [0.2, 0.25) is 11.9 Å². The largest absolute Gasteiger partial charge is 0.367 e. The normalized spacial score (nSPS) is 23.3. The molecule has 1 amide bonds. The van der Waals surface area contributed by atoms with Crippen molar-refractivity contribution in [2.45, 2.75) is 44.6 Å². The fourth-order valence-electron chi connectivity index (χ4n) is 2.86. The van der Waals surface area contributed by atoms with Crippen LogP contribution in [0.4, 0.5) is 5.95 Å². The van der Waals surface area contributed by atoms with Crippen molar-refractivity contribution < 1.29 is 4.79 Å². The van der Waals surface area contributed by atoms with Gasteiger partial charge in [-0.1, -0.05) is 0 Å². The number of carbonyl (C=O) groups excluding carboxylic acids is 1. The third-order valence-corrected chi connectivity index (χ3v) is 4.33. The first-order valence-electron chi connectivity index (χ1n) is 7.88. The van der Waals surface area contributed by atoms with E-state index < -0.39 is 0 Å². The fourth-order valence-corrected chi connectivity index (χ4v) is 2.86. The van der Waals surface area contributed by atoms with Gasteiger partial charge in [0.1, 0.15) is 5.82 Å². The van der Waals surface area contributed by atoms with Gasteiger partial charge in [0.25, 0.3) is 0 Å². The van der Waals surface area contributed by atoms with Gasteiger partial charge in [-0.25, -0.2) is 0 Å². The summed E-state index contributed by atoms with van der Waals surface area (Å²) in [4.78, 5) is 18.2. The number of nitrogen functional groups attached to an aromatic ring is 1. The Morgan fingerprint density at radius 3 is 2.90 bits per heavy atom. The second-order valence-electron chi connectivity index (χ2n) is 6.15. The molecule has 0 spiro atoms. The highest BCUT2D eigenvalue weighted by Gasteiger charge is 2.28. The van der Waals surface area contributed by atoms with Crippen molar-refractivity contribution in [3.8, 4) is 0 Å². The molecule has 7 heteroatoms. The summed E-state index contributed by atoms with van der Waals surface area (Å²) in [6, 6.07) is 0.415. The van der Waals surface area contributed by atoms with E-state index in [2.05, 4.69) is 25.4 Å². The number of nitrogens with one attached hydrogen (secondary N) is 2. The molecule has 0 bridgehead atoms. The summed E-state index contributed by atoms with van der Waals surface area (Å²) in [5, 5.41) is 10.1. The van der Waals surface area contributed by atoms with E-state index >= 15 is 0 Å². The van der Waals surface area contributed by atoms with E-state index in [1.165, 1.54) is 12.8 Å². The van der Waals surface area contributed by atoms with E-state index in [9.17, 15) is 4.79 Å². The third kappa shape index (κ3) is 4.17. The summed E-state index contributed by atoms with van der Waals surface area (Å²) in [5.41, 5.74) is 5.47. The standard InChI is InChI=1S/C14H24N6O/c15-14-17-12(18-19-14)5-7-16-11-3-4-13(21)20(8-6-11)9-10-1-2-10/h10-11,16H,1-9H2,(H3,15,17,18,19). The number of aromatic nitrogens is 3. The van der Waals surface area contributed by atoms with E-state index in [1.807, 2.05) is 0 Å². The van der Waals surface area contributed by atoms with Crippen molar-refractivity contribution in [3.63, 3.8) is 0 Å². The summed E-state index contributed by atoms with van der Waals surface area (Å²) in [7, 11) is 0. The van der Waals surface area contributed by atoms with Crippen molar-refractivity contribution in [2.24, 2.45) is 5.92 Å². The number of likely N-dealkylation sites (tertiary alicyclic amines) is 1. The fraction of sp³-hybridized carbons (Fsp3) is 0.786. The molecule has 1 unspecified atom stereocenters. The van der Waals surface area contributed by atoms with Crippen LogP contribution >= 0.6 is 0 Å². The van der Waals surface area contributed by atoms with E-state index in [1.54, 1.807) is 0 Å². The lowest BCUT2D eigenvalue weighted by atomic mass is 10.1. The summed E-state index contributed by atoms with van der Waals surface area (Å²) in [5.74, 6) is 2.20. The molecule has 2 aliphatic rings. The van der Waals surface area contributed by atoms with Crippen molar-refractivity contribution >= 4 is 11.9 Å². The molecule has 1 aromatic heterocycles.